The van der Waals surface area contributed by atoms with Crippen LogP contribution in [0.25, 0.3) is 0 Å². The normalized spacial score (nSPS) is 10.9. The van der Waals surface area contributed by atoms with Crippen LogP contribution in [0.3, 0.4) is 0 Å². The molecule has 0 aromatic carbocycles. The van der Waals surface area contributed by atoms with E-state index in [0.717, 1.165) is 9.75 Å². The number of hydrogen-bond donors (Lipinski definition) is 0. The van der Waals surface area contributed by atoms with Crippen molar-refractivity contribution in [2.24, 2.45) is 0 Å². The molecule has 2 aromatic rings. The van der Waals surface area contributed by atoms with E-state index in [1.54, 1.807) is 12.1 Å². The Balaban J connectivity index is 1.80. The van der Waals surface area contributed by atoms with Gasteiger partial charge in [-0.15, -0.1) is 22.7 Å². The van der Waals surface area contributed by atoms with Crippen molar-refractivity contribution in [3.63, 3.8) is 0 Å². The predicted molar refractivity (Wildman–Crippen MR) is 95.3 cm³/mol. The van der Waals surface area contributed by atoms with Crippen LogP contribution in [0.4, 0.5) is 0 Å². The van der Waals surface area contributed by atoms with Gasteiger partial charge in [0.25, 0.3) is 0 Å². The van der Waals surface area contributed by atoms with Crippen LogP contribution in [0.15, 0.2) is 12.1 Å². The largest absolute Gasteiger partial charge is 0.294 e. The monoisotopic (exact) mass is 374 g/mol. The number of Topliss-reactive ketones (excluding diaryl/α,β-unsaturated/α-hetero) is 2. The van der Waals surface area contributed by atoms with Crippen LogP contribution in [0.1, 0.15) is 56.2 Å². The summed E-state index contributed by atoms with van der Waals surface area (Å²) in [5, 5.41) is 0. The molecule has 118 valence electrons. The highest BCUT2D eigenvalue weighted by Crippen LogP contribution is 2.28. The minimum atomic E-state index is 0.0999. The van der Waals surface area contributed by atoms with Gasteiger partial charge in [0, 0.05) is 33.7 Å². The van der Waals surface area contributed by atoms with Crippen molar-refractivity contribution in [3.8, 4) is 0 Å². The lowest BCUT2D eigenvalue weighted by Crippen LogP contribution is -2.02. The molecule has 0 saturated heterocycles. The number of hydrogen-bond acceptors (Lipinski definition) is 4. The fourth-order valence-corrected chi connectivity index (χ4v) is 4.70. The Kier molecular flexibility index (Phi) is 6.21. The van der Waals surface area contributed by atoms with E-state index in [9.17, 15) is 9.59 Å². The highest BCUT2D eigenvalue weighted by Gasteiger charge is 2.14. The van der Waals surface area contributed by atoms with Crippen LogP contribution in [-0.2, 0) is 0 Å². The molecule has 0 amide bonds. The maximum Gasteiger partial charge on any atom is 0.164 e. The zero-order chi connectivity index (χ0) is 16.3. The van der Waals surface area contributed by atoms with Crippen molar-refractivity contribution in [2.75, 3.05) is 0 Å². The Morgan fingerprint density at radius 3 is 1.50 bits per heavy atom. The van der Waals surface area contributed by atoms with Gasteiger partial charge in [0.2, 0.25) is 0 Å². The minimum Gasteiger partial charge on any atom is -0.294 e. The third kappa shape index (κ3) is 4.42. The van der Waals surface area contributed by atoms with Crippen molar-refractivity contribution >= 4 is 57.4 Å². The Morgan fingerprint density at radius 2 is 1.23 bits per heavy atom. The van der Waals surface area contributed by atoms with Gasteiger partial charge in [0.1, 0.15) is 0 Å². The SMILES string of the molecule is Cc1sc(Cl)cc1C(=O)CCCCC(=O)c1cc(Cl)sc1C. The van der Waals surface area contributed by atoms with E-state index >= 15 is 0 Å². The second kappa shape index (κ2) is 7.73. The van der Waals surface area contributed by atoms with Crippen LogP contribution in [-0.4, -0.2) is 11.6 Å². The van der Waals surface area contributed by atoms with Crippen molar-refractivity contribution in [1.82, 2.24) is 0 Å². The Morgan fingerprint density at radius 1 is 0.864 bits per heavy atom. The Hall–Kier alpha value is -0.680. The summed E-state index contributed by atoms with van der Waals surface area (Å²) in [4.78, 5) is 26.1. The Labute approximate surface area is 148 Å². The number of carbonyl (C=O) groups excluding carboxylic acids is 2. The molecule has 22 heavy (non-hydrogen) atoms. The number of unbranched alkanes of at least 4 members (excludes halogenated alkanes) is 1. The van der Waals surface area contributed by atoms with E-state index in [4.69, 9.17) is 23.2 Å². The molecule has 0 bridgehead atoms. The first-order valence-corrected chi connectivity index (χ1v) is 9.35. The summed E-state index contributed by atoms with van der Waals surface area (Å²) in [5.74, 6) is 0.200. The van der Waals surface area contributed by atoms with Crippen molar-refractivity contribution in [1.29, 1.82) is 0 Å². The topological polar surface area (TPSA) is 34.1 Å². The Bertz CT molecular complexity index is 641. The molecule has 2 nitrogen and oxygen atoms in total. The molecule has 2 heterocycles. The van der Waals surface area contributed by atoms with E-state index in [1.165, 1.54) is 22.7 Å². The zero-order valence-corrected chi connectivity index (χ0v) is 15.5. The number of thiophene rings is 2. The molecule has 2 aromatic heterocycles. The van der Waals surface area contributed by atoms with Crippen LogP contribution < -0.4 is 0 Å². The summed E-state index contributed by atoms with van der Waals surface area (Å²) in [7, 11) is 0. The molecule has 6 heteroatoms. The fraction of sp³-hybridized carbons (Fsp3) is 0.375. The first-order valence-electron chi connectivity index (χ1n) is 6.96. The van der Waals surface area contributed by atoms with Gasteiger partial charge in [-0.25, -0.2) is 0 Å². The van der Waals surface area contributed by atoms with Crippen LogP contribution >= 0.6 is 45.9 Å². The number of ketones is 2. The molecule has 2 rings (SSSR count). The molecular formula is C16H16Cl2O2S2. The van der Waals surface area contributed by atoms with E-state index < -0.39 is 0 Å². The van der Waals surface area contributed by atoms with Crippen molar-refractivity contribution < 1.29 is 9.59 Å². The predicted octanol–water partition coefficient (Wildman–Crippen LogP) is 6.36. The fourth-order valence-electron chi connectivity index (χ4n) is 2.29. The zero-order valence-electron chi connectivity index (χ0n) is 12.4. The molecule has 0 saturated carbocycles. The summed E-state index contributed by atoms with van der Waals surface area (Å²) in [6, 6.07) is 3.46. The highest BCUT2D eigenvalue weighted by molar-refractivity contribution is 7.16. The quantitative estimate of drug-likeness (QED) is 0.417. The summed E-state index contributed by atoms with van der Waals surface area (Å²) in [6.45, 7) is 3.80. The molecule has 0 radical (unpaired) electrons. The van der Waals surface area contributed by atoms with Crippen molar-refractivity contribution in [3.05, 3.63) is 41.7 Å². The van der Waals surface area contributed by atoms with Gasteiger partial charge in [0.05, 0.1) is 8.67 Å². The maximum absolute atomic E-state index is 12.1. The first-order chi connectivity index (χ1) is 10.4. The molecule has 0 spiro atoms. The van der Waals surface area contributed by atoms with Gasteiger partial charge in [-0.2, -0.15) is 0 Å². The standard InChI is InChI=1S/C16H16Cl2O2S2/c1-9-11(7-15(17)21-9)13(19)5-3-4-6-14(20)12-8-16(18)22-10(12)2/h7-8H,3-6H2,1-2H3. The van der Waals surface area contributed by atoms with Crippen molar-refractivity contribution in [2.45, 2.75) is 39.5 Å². The lowest BCUT2D eigenvalue weighted by molar-refractivity contribution is 0.0954. The van der Waals surface area contributed by atoms with E-state index in [0.29, 0.717) is 45.5 Å². The van der Waals surface area contributed by atoms with E-state index in [1.807, 2.05) is 13.8 Å². The van der Waals surface area contributed by atoms with Crippen LogP contribution in [0.5, 0.6) is 0 Å². The molecular weight excluding hydrogens is 359 g/mol. The lowest BCUT2D eigenvalue weighted by atomic mass is 10.0. The summed E-state index contributed by atoms with van der Waals surface area (Å²) in [6.07, 6.45) is 2.30. The van der Waals surface area contributed by atoms with Gasteiger partial charge in [0.15, 0.2) is 11.6 Å². The van der Waals surface area contributed by atoms with Crippen LogP contribution in [0.2, 0.25) is 8.67 Å². The van der Waals surface area contributed by atoms with Gasteiger partial charge >= 0.3 is 0 Å². The molecule has 0 N–H and O–H groups in total. The summed E-state index contributed by atoms with van der Waals surface area (Å²) < 4.78 is 1.28. The average Bonchev–Trinajstić information content (AvgIpc) is 2.96. The highest BCUT2D eigenvalue weighted by atomic mass is 35.5. The second-order valence-corrected chi connectivity index (χ2v) is 8.87. The van der Waals surface area contributed by atoms with E-state index in [-0.39, 0.29) is 11.6 Å². The number of halogens is 2. The molecule has 0 aliphatic rings. The minimum absolute atomic E-state index is 0.0999. The number of aryl methyl sites for hydroxylation is 2. The average molecular weight is 375 g/mol. The smallest absolute Gasteiger partial charge is 0.164 e. The summed E-state index contributed by atoms with van der Waals surface area (Å²) >= 11 is 14.7. The van der Waals surface area contributed by atoms with E-state index in [2.05, 4.69) is 0 Å². The second-order valence-electron chi connectivity index (χ2n) is 5.09. The molecule has 0 atom stereocenters. The van der Waals surface area contributed by atoms with Gasteiger partial charge < -0.3 is 0 Å². The molecule has 0 aliphatic carbocycles. The molecule has 0 unspecified atom stereocenters. The molecule has 0 aliphatic heterocycles. The summed E-state index contributed by atoms with van der Waals surface area (Å²) in [5.41, 5.74) is 1.42. The van der Waals surface area contributed by atoms with Gasteiger partial charge in [-0.1, -0.05) is 23.2 Å². The molecule has 0 fully saturated rings. The van der Waals surface area contributed by atoms with Gasteiger partial charge in [-0.3, -0.25) is 9.59 Å². The van der Waals surface area contributed by atoms with Crippen LogP contribution in [0, 0.1) is 13.8 Å². The third-order valence-corrected chi connectivity index (χ3v) is 5.79. The third-order valence-electron chi connectivity index (χ3n) is 3.43. The number of rotatable bonds is 7. The first kappa shape index (κ1) is 17.7. The van der Waals surface area contributed by atoms with Gasteiger partial charge in [-0.05, 0) is 38.8 Å². The number of carbonyl (C=O) groups is 2. The lowest BCUT2D eigenvalue weighted by Gasteiger charge is -2.01. The maximum atomic E-state index is 12.1.